The topological polar surface area (TPSA) is 104 Å². The molecule has 0 bridgehead atoms. The number of rotatable bonds is 6. The molecule has 1 aliphatic carbocycles. The third-order valence-electron chi connectivity index (χ3n) is 8.51. The van der Waals surface area contributed by atoms with Crippen LogP contribution in [0.2, 0.25) is 0 Å². The highest BCUT2D eigenvalue weighted by molar-refractivity contribution is 7.89. The molecule has 0 saturated carbocycles. The van der Waals surface area contributed by atoms with E-state index in [1.165, 1.54) is 9.21 Å². The Morgan fingerprint density at radius 3 is 2.27 bits per heavy atom. The number of sulfonamides is 1. The van der Waals surface area contributed by atoms with Crippen molar-refractivity contribution in [2.24, 2.45) is 17.3 Å². The van der Waals surface area contributed by atoms with E-state index in [-0.39, 0.29) is 36.2 Å². The fourth-order valence-corrected chi connectivity index (χ4v) is 7.82. The Morgan fingerprint density at radius 1 is 0.950 bits per heavy atom. The molecule has 1 N–H and O–H groups in total. The maximum absolute atomic E-state index is 13.7. The standard InChI is InChI=1S/C31H30N2O6S/c1-20-8-14-25(15-9-20)40(37,38)32-18-22-16-26-27(30(36)33(29(26)35)23-6-4-3-5-7-23)17-31(22,19-32)28(34)21-10-12-24(39-2)13-11-21/h3-16,26-28,34H,17-19H2,1-2H3/t26-,27+,28-,31+/m0/s1. The molecule has 3 aromatic rings. The maximum atomic E-state index is 13.7. The van der Waals surface area contributed by atoms with Gasteiger partial charge in [-0.2, -0.15) is 4.31 Å². The second kappa shape index (κ2) is 9.69. The van der Waals surface area contributed by atoms with E-state index in [4.69, 9.17) is 4.74 Å². The number of benzene rings is 3. The molecule has 206 valence electrons. The van der Waals surface area contributed by atoms with Crippen LogP contribution in [0.4, 0.5) is 5.69 Å². The van der Waals surface area contributed by atoms with E-state index in [2.05, 4.69) is 0 Å². The number of methoxy groups -OCH3 is 1. The molecule has 2 saturated heterocycles. The van der Waals surface area contributed by atoms with Crippen molar-refractivity contribution in [2.45, 2.75) is 24.3 Å². The average molecular weight is 559 g/mol. The minimum atomic E-state index is -3.90. The van der Waals surface area contributed by atoms with Gasteiger partial charge >= 0.3 is 0 Å². The number of hydrogen-bond acceptors (Lipinski definition) is 6. The Bertz CT molecular complexity index is 1600. The largest absolute Gasteiger partial charge is 0.497 e. The lowest BCUT2D eigenvalue weighted by atomic mass is 9.63. The van der Waals surface area contributed by atoms with Crippen molar-refractivity contribution in [2.75, 3.05) is 25.1 Å². The number of aliphatic hydroxyl groups excluding tert-OH is 1. The van der Waals surface area contributed by atoms with E-state index in [1.54, 1.807) is 86.0 Å². The summed E-state index contributed by atoms with van der Waals surface area (Å²) in [5, 5.41) is 11.9. The number of carbonyl (C=O) groups is 2. The molecule has 2 aliphatic heterocycles. The predicted molar refractivity (Wildman–Crippen MR) is 149 cm³/mol. The first kappa shape index (κ1) is 26.4. The van der Waals surface area contributed by atoms with Crippen molar-refractivity contribution >= 4 is 27.5 Å². The number of hydrogen-bond donors (Lipinski definition) is 1. The Hall–Kier alpha value is -3.79. The number of para-hydroxylation sites is 1. The summed E-state index contributed by atoms with van der Waals surface area (Å²) < 4.78 is 34.1. The third-order valence-corrected chi connectivity index (χ3v) is 10.3. The van der Waals surface area contributed by atoms with Gasteiger partial charge in [0.05, 0.1) is 35.6 Å². The van der Waals surface area contributed by atoms with Crippen molar-refractivity contribution in [1.82, 2.24) is 4.31 Å². The number of fused-ring (bicyclic) bond motifs is 2. The quantitative estimate of drug-likeness (QED) is 0.364. The van der Waals surface area contributed by atoms with Crippen molar-refractivity contribution in [3.8, 4) is 5.75 Å². The highest BCUT2D eigenvalue weighted by Crippen LogP contribution is 2.57. The van der Waals surface area contributed by atoms with Crippen molar-refractivity contribution < 1.29 is 27.9 Å². The highest BCUT2D eigenvalue weighted by Gasteiger charge is 2.60. The van der Waals surface area contributed by atoms with Gasteiger partial charge < -0.3 is 9.84 Å². The Balaban J connectivity index is 1.43. The molecule has 0 unspecified atom stereocenters. The zero-order valence-electron chi connectivity index (χ0n) is 22.2. The van der Waals surface area contributed by atoms with Gasteiger partial charge in [-0.1, -0.05) is 54.1 Å². The Labute approximate surface area is 233 Å². The SMILES string of the molecule is COc1ccc([C@H](O)[C@@]23C[C@H]4C(=O)N(c5ccccc5)C(=O)[C@H]4C=C2CN(S(=O)(=O)c2ccc(C)cc2)C3)cc1. The van der Waals surface area contributed by atoms with Crippen LogP contribution in [0, 0.1) is 24.2 Å². The fraction of sp³-hybridized carbons (Fsp3) is 0.290. The van der Waals surface area contributed by atoms with Crippen LogP contribution < -0.4 is 9.64 Å². The Kier molecular flexibility index (Phi) is 6.40. The first-order valence-electron chi connectivity index (χ1n) is 13.2. The number of amides is 2. The van der Waals surface area contributed by atoms with Gasteiger partial charge in [-0.25, -0.2) is 13.3 Å². The van der Waals surface area contributed by atoms with Crippen molar-refractivity contribution in [3.63, 3.8) is 0 Å². The van der Waals surface area contributed by atoms with Gasteiger partial charge in [-0.05, 0) is 60.9 Å². The lowest BCUT2D eigenvalue weighted by Crippen LogP contribution is -2.41. The first-order chi connectivity index (χ1) is 19.2. The van der Waals surface area contributed by atoms with Gasteiger partial charge in [-0.3, -0.25) is 9.59 Å². The van der Waals surface area contributed by atoms with Crippen molar-refractivity contribution in [1.29, 1.82) is 0 Å². The number of carbonyl (C=O) groups excluding carboxylic acids is 2. The van der Waals surface area contributed by atoms with E-state index < -0.39 is 33.4 Å². The van der Waals surface area contributed by atoms with Crippen LogP contribution >= 0.6 is 0 Å². The number of aliphatic hydroxyl groups is 1. The summed E-state index contributed by atoms with van der Waals surface area (Å²) in [6.45, 7) is 1.90. The lowest BCUT2D eigenvalue weighted by molar-refractivity contribution is -0.123. The van der Waals surface area contributed by atoms with Gasteiger partial charge in [0.15, 0.2) is 0 Å². The van der Waals surface area contributed by atoms with Gasteiger partial charge in [0, 0.05) is 18.5 Å². The molecule has 0 spiro atoms. The minimum Gasteiger partial charge on any atom is -0.497 e. The van der Waals surface area contributed by atoms with Crippen molar-refractivity contribution in [3.05, 3.63) is 102 Å². The lowest BCUT2D eigenvalue weighted by Gasteiger charge is -2.41. The second-order valence-electron chi connectivity index (χ2n) is 10.8. The summed E-state index contributed by atoms with van der Waals surface area (Å²) in [5.74, 6) is -1.48. The second-order valence-corrected chi connectivity index (χ2v) is 12.7. The fourth-order valence-electron chi connectivity index (χ4n) is 6.33. The van der Waals surface area contributed by atoms with Crippen LogP contribution in [-0.2, 0) is 19.6 Å². The summed E-state index contributed by atoms with van der Waals surface area (Å²) in [7, 11) is -2.35. The predicted octanol–water partition coefficient (Wildman–Crippen LogP) is 3.86. The number of ether oxygens (including phenoxy) is 1. The maximum Gasteiger partial charge on any atom is 0.243 e. The summed E-state index contributed by atoms with van der Waals surface area (Å²) in [6.07, 6.45) is 0.775. The zero-order chi connectivity index (χ0) is 28.2. The van der Waals surface area contributed by atoms with Crippen LogP contribution in [0.15, 0.2) is 95.4 Å². The number of imide groups is 1. The monoisotopic (exact) mass is 558 g/mol. The first-order valence-corrected chi connectivity index (χ1v) is 14.6. The molecule has 0 aromatic heterocycles. The summed E-state index contributed by atoms with van der Waals surface area (Å²) >= 11 is 0. The van der Waals surface area contributed by atoms with E-state index in [0.717, 1.165) is 5.56 Å². The van der Waals surface area contributed by atoms with Crippen LogP contribution in [-0.4, -0.2) is 49.8 Å². The molecule has 40 heavy (non-hydrogen) atoms. The van der Waals surface area contributed by atoms with Gasteiger partial charge in [0.1, 0.15) is 5.75 Å². The smallest absolute Gasteiger partial charge is 0.243 e. The molecule has 2 amide bonds. The van der Waals surface area contributed by atoms with Crippen LogP contribution in [0.25, 0.3) is 0 Å². The molecule has 8 nitrogen and oxygen atoms in total. The highest BCUT2D eigenvalue weighted by atomic mass is 32.2. The van der Waals surface area contributed by atoms with E-state index in [0.29, 0.717) is 22.6 Å². The van der Waals surface area contributed by atoms with Gasteiger partial charge in [0.2, 0.25) is 21.8 Å². The zero-order valence-corrected chi connectivity index (χ0v) is 23.0. The molecule has 3 aliphatic rings. The van der Waals surface area contributed by atoms with E-state index in [1.807, 2.05) is 13.0 Å². The third kappa shape index (κ3) is 4.08. The molecule has 2 heterocycles. The number of anilines is 1. The number of aryl methyl sites for hydroxylation is 1. The molecule has 6 rings (SSSR count). The molecule has 2 fully saturated rings. The van der Waals surface area contributed by atoms with E-state index >= 15 is 0 Å². The summed E-state index contributed by atoms with van der Waals surface area (Å²) in [6, 6.07) is 22.4. The van der Waals surface area contributed by atoms with Gasteiger partial charge in [0.25, 0.3) is 0 Å². The summed E-state index contributed by atoms with van der Waals surface area (Å²) in [5.41, 5.74) is 1.59. The van der Waals surface area contributed by atoms with Crippen LogP contribution in [0.1, 0.15) is 23.7 Å². The normalized spacial score (nSPS) is 25.4. The average Bonchev–Trinajstić information content (AvgIpc) is 3.48. The minimum absolute atomic E-state index is 0.0156. The van der Waals surface area contributed by atoms with Gasteiger partial charge in [-0.15, -0.1) is 0 Å². The molecule has 4 atom stereocenters. The molecule has 9 heteroatoms. The number of nitrogens with zero attached hydrogens (tertiary/aromatic N) is 2. The van der Waals surface area contributed by atoms with Crippen LogP contribution in [0.5, 0.6) is 5.75 Å². The van der Waals surface area contributed by atoms with E-state index in [9.17, 15) is 23.1 Å². The molecular weight excluding hydrogens is 528 g/mol. The van der Waals surface area contributed by atoms with Crippen LogP contribution in [0.3, 0.4) is 0 Å². The molecular formula is C31H30N2O6S. The summed E-state index contributed by atoms with van der Waals surface area (Å²) in [4.78, 5) is 28.6. The molecule has 0 radical (unpaired) electrons. The Morgan fingerprint density at radius 2 is 1.62 bits per heavy atom. The molecule has 3 aromatic carbocycles.